The average Bonchev–Trinajstić information content (AvgIpc) is 2.71. The Balaban J connectivity index is 1.59. The molecule has 0 heterocycles. The molecule has 5 nitrogen and oxygen atoms in total. The number of fused-ring (bicyclic) bond motifs is 2. The number of carbonyl (C=O) groups is 3. The van der Waals surface area contributed by atoms with Crippen LogP contribution in [0.5, 0.6) is 0 Å². The second-order valence-electron chi connectivity index (χ2n) is 6.20. The Morgan fingerprint density at radius 2 is 1.33 bits per heavy atom. The van der Waals surface area contributed by atoms with Gasteiger partial charge >= 0.3 is 0 Å². The van der Waals surface area contributed by atoms with E-state index in [9.17, 15) is 14.4 Å². The van der Waals surface area contributed by atoms with E-state index in [0.717, 1.165) is 5.69 Å². The number of amides is 1. The predicted octanol–water partition coefficient (Wildman–Crippen LogP) is 3.51. The van der Waals surface area contributed by atoms with Crippen LogP contribution in [-0.2, 0) is 4.79 Å². The number of ketones is 2. The van der Waals surface area contributed by atoms with Gasteiger partial charge in [0.2, 0.25) is 5.91 Å². The molecule has 0 spiro atoms. The molecule has 0 atom stereocenters. The smallest absolute Gasteiger partial charge is 0.243 e. The van der Waals surface area contributed by atoms with E-state index in [0.29, 0.717) is 22.4 Å². The van der Waals surface area contributed by atoms with Gasteiger partial charge in [-0.15, -0.1) is 0 Å². The third kappa shape index (κ3) is 3.11. The minimum Gasteiger partial charge on any atom is -0.376 e. The number of para-hydroxylation sites is 1. The summed E-state index contributed by atoms with van der Waals surface area (Å²) in [6, 6.07) is 21.0. The number of carbonyl (C=O) groups excluding carboxylic acids is 3. The molecule has 2 N–H and O–H groups in total. The van der Waals surface area contributed by atoms with Crippen LogP contribution in [0.15, 0.2) is 72.8 Å². The van der Waals surface area contributed by atoms with E-state index >= 15 is 0 Å². The lowest BCUT2D eigenvalue weighted by atomic mass is 9.83. The third-order valence-electron chi connectivity index (χ3n) is 4.45. The fourth-order valence-corrected chi connectivity index (χ4v) is 3.18. The van der Waals surface area contributed by atoms with Gasteiger partial charge in [0, 0.05) is 22.4 Å². The number of benzene rings is 3. The van der Waals surface area contributed by atoms with Crippen molar-refractivity contribution in [1.82, 2.24) is 0 Å². The highest BCUT2D eigenvalue weighted by Gasteiger charge is 2.31. The molecule has 0 unspecified atom stereocenters. The maximum Gasteiger partial charge on any atom is 0.243 e. The van der Waals surface area contributed by atoms with Gasteiger partial charge in [-0.3, -0.25) is 14.4 Å². The monoisotopic (exact) mass is 356 g/mol. The summed E-state index contributed by atoms with van der Waals surface area (Å²) < 4.78 is 0. The average molecular weight is 356 g/mol. The Kier molecular flexibility index (Phi) is 4.26. The molecule has 0 bridgehead atoms. The molecule has 4 rings (SSSR count). The van der Waals surface area contributed by atoms with Crippen molar-refractivity contribution in [3.8, 4) is 0 Å². The van der Waals surface area contributed by atoms with Crippen LogP contribution in [0.3, 0.4) is 0 Å². The van der Waals surface area contributed by atoms with Crippen molar-refractivity contribution >= 4 is 28.8 Å². The summed E-state index contributed by atoms with van der Waals surface area (Å²) >= 11 is 0. The zero-order chi connectivity index (χ0) is 18.8. The molecule has 0 aromatic heterocycles. The number of nitrogens with one attached hydrogen (secondary N) is 2. The van der Waals surface area contributed by atoms with E-state index in [4.69, 9.17) is 0 Å². The Bertz CT molecular complexity index is 1060. The van der Waals surface area contributed by atoms with Gasteiger partial charge in [0.1, 0.15) is 0 Å². The molecule has 0 saturated heterocycles. The fraction of sp³-hybridized carbons (Fsp3) is 0.0455. The molecule has 132 valence electrons. The highest BCUT2D eigenvalue weighted by molar-refractivity contribution is 6.30. The van der Waals surface area contributed by atoms with Gasteiger partial charge in [-0.05, 0) is 18.2 Å². The molecule has 0 aliphatic heterocycles. The van der Waals surface area contributed by atoms with E-state index < -0.39 is 0 Å². The maximum atomic E-state index is 12.9. The van der Waals surface area contributed by atoms with Crippen LogP contribution < -0.4 is 10.6 Å². The standard InChI is InChI=1S/C22H16N2O3/c25-19(13-23-14-7-2-1-3-8-14)24-18-12-6-11-17-20(18)22(27)16-10-5-4-9-15(16)21(17)26/h1-12,23H,13H2,(H,24,25). The zero-order valence-corrected chi connectivity index (χ0v) is 14.4. The molecule has 27 heavy (non-hydrogen) atoms. The lowest BCUT2D eigenvalue weighted by Gasteiger charge is -2.20. The molecule has 0 fully saturated rings. The molecule has 1 amide bonds. The van der Waals surface area contributed by atoms with Gasteiger partial charge < -0.3 is 10.6 Å². The van der Waals surface area contributed by atoms with Crippen LogP contribution in [0.1, 0.15) is 31.8 Å². The number of anilines is 2. The van der Waals surface area contributed by atoms with Crippen molar-refractivity contribution in [2.24, 2.45) is 0 Å². The fourth-order valence-electron chi connectivity index (χ4n) is 3.18. The number of rotatable bonds is 4. The molecule has 5 heteroatoms. The van der Waals surface area contributed by atoms with Crippen LogP contribution in [0, 0.1) is 0 Å². The summed E-state index contributed by atoms with van der Waals surface area (Å²) in [5.41, 5.74) is 2.48. The van der Waals surface area contributed by atoms with Crippen molar-refractivity contribution in [2.75, 3.05) is 17.2 Å². The van der Waals surface area contributed by atoms with Crippen LogP contribution >= 0.6 is 0 Å². The summed E-state index contributed by atoms with van der Waals surface area (Å²) in [7, 11) is 0. The Morgan fingerprint density at radius 3 is 2.07 bits per heavy atom. The second kappa shape index (κ2) is 6.88. The van der Waals surface area contributed by atoms with Crippen LogP contribution in [0.4, 0.5) is 11.4 Å². The Hall–Kier alpha value is -3.73. The van der Waals surface area contributed by atoms with Gasteiger partial charge in [-0.25, -0.2) is 0 Å². The molecule has 0 saturated carbocycles. The van der Waals surface area contributed by atoms with Crippen molar-refractivity contribution < 1.29 is 14.4 Å². The first-order valence-electron chi connectivity index (χ1n) is 8.55. The molecule has 1 aliphatic carbocycles. The largest absolute Gasteiger partial charge is 0.376 e. The summed E-state index contributed by atoms with van der Waals surface area (Å²) in [5.74, 6) is -0.766. The molecule has 0 radical (unpaired) electrons. The number of hydrogen-bond acceptors (Lipinski definition) is 4. The molecule has 1 aliphatic rings. The van der Waals surface area contributed by atoms with Gasteiger partial charge in [0.15, 0.2) is 11.6 Å². The van der Waals surface area contributed by atoms with Gasteiger partial charge in [-0.1, -0.05) is 54.6 Å². The first-order valence-corrected chi connectivity index (χ1v) is 8.55. The van der Waals surface area contributed by atoms with Crippen molar-refractivity contribution in [3.05, 3.63) is 95.1 Å². The lowest BCUT2D eigenvalue weighted by molar-refractivity contribution is -0.114. The molecular formula is C22H16N2O3. The minimum atomic E-state index is -0.300. The molecular weight excluding hydrogens is 340 g/mol. The van der Waals surface area contributed by atoms with Gasteiger partial charge in [0.05, 0.1) is 17.8 Å². The van der Waals surface area contributed by atoms with E-state index in [-0.39, 0.29) is 29.6 Å². The predicted molar refractivity (Wildman–Crippen MR) is 103 cm³/mol. The summed E-state index contributed by atoms with van der Waals surface area (Å²) in [6.45, 7) is 0.0480. The molecule has 3 aromatic rings. The Morgan fingerprint density at radius 1 is 0.704 bits per heavy atom. The Labute approximate surface area is 156 Å². The van der Waals surface area contributed by atoms with E-state index in [1.165, 1.54) is 0 Å². The first-order chi connectivity index (χ1) is 13.1. The van der Waals surface area contributed by atoms with Crippen LogP contribution in [0.25, 0.3) is 0 Å². The lowest BCUT2D eigenvalue weighted by Crippen LogP contribution is -2.26. The first kappa shape index (κ1) is 16.7. The summed E-state index contributed by atoms with van der Waals surface area (Å²) in [5, 5.41) is 5.76. The second-order valence-corrected chi connectivity index (χ2v) is 6.20. The minimum absolute atomic E-state index is 0.0480. The maximum absolute atomic E-state index is 12.9. The highest BCUT2D eigenvalue weighted by atomic mass is 16.2. The van der Waals surface area contributed by atoms with E-state index in [2.05, 4.69) is 10.6 Å². The highest BCUT2D eigenvalue weighted by Crippen LogP contribution is 2.31. The van der Waals surface area contributed by atoms with Crippen LogP contribution in [-0.4, -0.2) is 24.0 Å². The van der Waals surface area contributed by atoms with Gasteiger partial charge in [0.25, 0.3) is 0 Å². The summed E-state index contributed by atoms with van der Waals surface area (Å²) in [6.07, 6.45) is 0. The number of hydrogen-bond donors (Lipinski definition) is 2. The van der Waals surface area contributed by atoms with E-state index in [1.54, 1.807) is 42.5 Å². The van der Waals surface area contributed by atoms with Crippen molar-refractivity contribution in [2.45, 2.75) is 0 Å². The third-order valence-corrected chi connectivity index (χ3v) is 4.45. The normalized spacial score (nSPS) is 12.1. The van der Waals surface area contributed by atoms with Crippen molar-refractivity contribution in [3.63, 3.8) is 0 Å². The zero-order valence-electron chi connectivity index (χ0n) is 14.4. The topological polar surface area (TPSA) is 75.3 Å². The van der Waals surface area contributed by atoms with E-state index in [1.807, 2.05) is 30.3 Å². The van der Waals surface area contributed by atoms with Crippen molar-refractivity contribution in [1.29, 1.82) is 0 Å². The quantitative estimate of drug-likeness (QED) is 0.587. The van der Waals surface area contributed by atoms with Gasteiger partial charge in [-0.2, -0.15) is 0 Å². The summed E-state index contributed by atoms with van der Waals surface area (Å²) in [4.78, 5) is 38.0. The SMILES string of the molecule is O=C(CNc1ccccc1)Nc1cccc2c1C(=O)c1ccccc1C2=O. The van der Waals surface area contributed by atoms with Crippen LogP contribution in [0.2, 0.25) is 0 Å². The molecule has 3 aromatic carbocycles.